The summed E-state index contributed by atoms with van der Waals surface area (Å²) in [6.07, 6.45) is 1.47. The first-order valence-corrected chi connectivity index (χ1v) is 14.7. The standard InChI is InChI=1S/C35H35N3O8/c36-27-13-5-6-14-28(27)38-33(40)17-9-8-16-31(45-25-10-2-1-3-11-25)34(26-12-4-7-15-29(26)42-21-20-39)46-35(41)37-24-18-19-30-32(22-24)44-23-43-30/h1-7,9-15,17-19,22,31,34,39H,8,16,20-21,23,36H2,(H,37,41)(H,38,40)/b17-9+/t31-,34-/m0/s1. The van der Waals surface area contributed by atoms with Crippen LogP contribution < -0.4 is 35.3 Å². The van der Waals surface area contributed by atoms with E-state index in [1.807, 2.05) is 18.2 Å². The molecule has 2 amide bonds. The summed E-state index contributed by atoms with van der Waals surface area (Å²) in [4.78, 5) is 26.0. The van der Waals surface area contributed by atoms with E-state index in [9.17, 15) is 14.7 Å². The zero-order valence-corrected chi connectivity index (χ0v) is 25.0. The zero-order chi connectivity index (χ0) is 32.1. The first-order chi connectivity index (χ1) is 22.5. The molecule has 0 saturated carbocycles. The summed E-state index contributed by atoms with van der Waals surface area (Å²) in [6.45, 7) is -0.0537. The fourth-order valence-electron chi connectivity index (χ4n) is 4.76. The van der Waals surface area contributed by atoms with Gasteiger partial charge < -0.3 is 39.8 Å². The number of allylic oxidation sites excluding steroid dienone is 1. The van der Waals surface area contributed by atoms with Gasteiger partial charge in [-0.05, 0) is 61.4 Å². The van der Waals surface area contributed by atoms with Crippen LogP contribution in [-0.4, -0.2) is 43.2 Å². The van der Waals surface area contributed by atoms with Gasteiger partial charge in [0.1, 0.15) is 24.2 Å². The predicted molar refractivity (Wildman–Crippen MR) is 173 cm³/mol. The molecule has 0 spiro atoms. The fraction of sp³-hybridized carbons (Fsp3) is 0.200. The monoisotopic (exact) mass is 625 g/mol. The molecule has 0 saturated heterocycles. The van der Waals surface area contributed by atoms with Crippen LogP contribution in [-0.2, 0) is 9.53 Å². The van der Waals surface area contributed by atoms with Crippen molar-refractivity contribution in [3.05, 3.63) is 115 Å². The van der Waals surface area contributed by atoms with Crippen molar-refractivity contribution in [3.8, 4) is 23.0 Å². The topological polar surface area (TPSA) is 151 Å². The Bertz CT molecular complexity index is 1650. The van der Waals surface area contributed by atoms with Crippen molar-refractivity contribution in [2.45, 2.75) is 25.0 Å². The molecule has 46 heavy (non-hydrogen) atoms. The molecular formula is C35H35N3O8. The predicted octanol–water partition coefficient (Wildman–Crippen LogP) is 6.08. The van der Waals surface area contributed by atoms with Crippen LogP contribution in [0.2, 0.25) is 0 Å². The Hall–Kier alpha value is -5.68. The van der Waals surface area contributed by atoms with Crippen LogP contribution in [0, 0.1) is 0 Å². The highest BCUT2D eigenvalue weighted by Gasteiger charge is 2.31. The van der Waals surface area contributed by atoms with Gasteiger partial charge in [0.15, 0.2) is 17.6 Å². The van der Waals surface area contributed by atoms with Crippen molar-refractivity contribution >= 4 is 29.1 Å². The van der Waals surface area contributed by atoms with Crippen molar-refractivity contribution in [1.82, 2.24) is 0 Å². The summed E-state index contributed by atoms with van der Waals surface area (Å²) >= 11 is 0. The number of aliphatic hydroxyl groups is 1. The number of hydrogen-bond donors (Lipinski definition) is 4. The smallest absolute Gasteiger partial charge is 0.412 e. The first kappa shape index (κ1) is 31.7. The molecule has 1 aliphatic rings. The Morgan fingerprint density at radius 3 is 2.50 bits per heavy atom. The van der Waals surface area contributed by atoms with E-state index >= 15 is 0 Å². The summed E-state index contributed by atoms with van der Waals surface area (Å²) in [5, 5.41) is 14.9. The second-order valence-corrected chi connectivity index (χ2v) is 10.2. The number of benzene rings is 4. The third-order valence-corrected chi connectivity index (χ3v) is 6.90. The summed E-state index contributed by atoms with van der Waals surface area (Å²) < 4.78 is 29.1. The van der Waals surface area contributed by atoms with Crippen molar-refractivity contribution in [1.29, 1.82) is 0 Å². The molecule has 11 nitrogen and oxygen atoms in total. The molecule has 4 aromatic carbocycles. The summed E-state index contributed by atoms with van der Waals surface area (Å²) in [6, 6.07) is 28.3. The minimum Gasteiger partial charge on any atom is -0.491 e. The minimum absolute atomic E-state index is 0.0428. The molecular weight excluding hydrogens is 590 g/mol. The molecule has 11 heteroatoms. The number of anilines is 3. The normalized spacial score (nSPS) is 13.1. The summed E-state index contributed by atoms with van der Waals surface area (Å²) in [5.41, 5.74) is 7.91. The maximum atomic E-state index is 13.4. The third kappa shape index (κ3) is 8.70. The van der Waals surface area contributed by atoms with Crippen molar-refractivity contribution < 1.29 is 38.4 Å². The number of rotatable bonds is 14. The number of nitrogens with two attached hydrogens (primary N) is 1. The van der Waals surface area contributed by atoms with Crippen LogP contribution in [0.1, 0.15) is 24.5 Å². The Balaban J connectivity index is 1.38. The Morgan fingerprint density at radius 2 is 1.67 bits per heavy atom. The lowest BCUT2D eigenvalue weighted by molar-refractivity contribution is -0.111. The van der Waals surface area contributed by atoms with Crippen molar-refractivity contribution in [3.63, 3.8) is 0 Å². The molecule has 0 bridgehead atoms. The lowest BCUT2D eigenvalue weighted by Gasteiger charge is -2.29. The minimum atomic E-state index is -0.963. The van der Waals surface area contributed by atoms with Crippen LogP contribution >= 0.6 is 0 Å². The Morgan fingerprint density at radius 1 is 0.913 bits per heavy atom. The Kier molecular flexibility index (Phi) is 10.9. The van der Waals surface area contributed by atoms with Gasteiger partial charge in [0.25, 0.3) is 0 Å². The van der Waals surface area contributed by atoms with Crippen LogP contribution in [0.5, 0.6) is 23.0 Å². The molecule has 1 heterocycles. The van der Waals surface area contributed by atoms with Gasteiger partial charge in [0.05, 0.1) is 18.0 Å². The molecule has 1 aliphatic heterocycles. The maximum absolute atomic E-state index is 13.4. The van der Waals surface area contributed by atoms with E-state index in [1.165, 1.54) is 6.08 Å². The number of ether oxygens (including phenoxy) is 5. The third-order valence-electron chi connectivity index (χ3n) is 6.90. The van der Waals surface area contributed by atoms with Crippen molar-refractivity contribution in [2.24, 2.45) is 0 Å². The Labute approximate surface area is 266 Å². The van der Waals surface area contributed by atoms with Crippen molar-refractivity contribution in [2.75, 3.05) is 36.4 Å². The van der Waals surface area contributed by atoms with Gasteiger partial charge in [0.2, 0.25) is 12.7 Å². The fourth-order valence-corrected chi connectivity index (χ4v) is 4.76. The molecule has 0 aliphatic carbocycles. The number of hydrogen-bond acceptors (Lipinski definition) is 9. The molecule has 0 fully saturated rings. The van der Waals surface area contributed by atoms with E-state index in [0.29, 0.717) is 58.5 Å². The number of aliphatic hydroxyl groups excluding tert-OH is 1. The number of nitrogen functional groups attached to an aromatic ring is 1. The first-order valence-electron chi connectivity index (χ1n) is 14.7. The second kappa shape index (κ2) is 15.9. The largest absolute Gasteiger partial charge is 0.491 e. The zero-order valence-electron chi connectivity index (χ0n) is 25.0. The van der Waals surface area contributed by atoms with Gasteiger partial charge in [-0.25, -0.2) is 4.79 Å². The second-order valence-electron chi connectivity index (χ2n) is 10.2. The molecule has 2 atom stereocenters. The lowest BCUT2D eigenvalue weighted by atomic mass is 9.99. The highest BCUT2D eigenvalue weighted by molar-refractivity contribution is 6.01. The number of carbonyl (C=O) groups excluding carboxylic acids is 2. The quantitative estimate of drug-likeness (QED) is 0.0965. The van der Waals surface area contributed by atoms with E-state index in [4.69, 9.17) is 29.4 Å². The molecule has 5 rings (SSSR count). The van der Waals surface area contributed by atoms with Crippen LogP contribution in [0.4, 0.5) is 21.9 Å². The van der Waals surface area contributed by atoms with Crippen LogP contribution in [0.15, 0.2) is 109 Å². The maximum Gasteiger partial charge on any atom is 0.412 e. The lowest BCUT2D eigenvalue weighted by Crippen LogP contribution is -2.31. The molecule has 238 valence electrons. The number of carbonyl (C=O) groups is 2. The van der Waals surface area contributed by atoms with E-state index in [0.717, 1.165) is 0 Å². The van der Waals surface area contributed by atoms with Gasteiger partial charge in [0, 0.05) is 17.3 Å². The van der Waals surface area contributed by atoms with Gasteiger partial charge >= 0.3 is 6.09 Å². The van der Waals surface area contributed by atoms with Crippen LogP contribution in [0.25, 0.3) is 0 Å². The number of para-hydroxylation sites is 4. The SMILES string of the molecule is Nc1ccccc1NC(=O)/C=C/CC[C@H](Oc1ccccc1)[C@@H](OC(=O)Nc1ccc2c(c1)OCO2)c1ccccc1OCCO. The molecule has 0 unspecified atom stereocenters. The highest BCUT2D eigenvalue weighted by Crippen LogP contribution is 2.36. The van der Waals surface area contributed by atoms with Gasteiger partial charge in [-0.3, -0.25) is 10.1 Å². The molecule has 0 aromatic heterocycles. The number of nitrogens with one attached hydrogen (secondary N) is 2. The van der Waals surface area contributed by atoms with E-state index in [1.54, 1.807) is 84.9 Å². The summed E-state index contributed by atoms with van der Waals surface area (Å²) in [5.74, 6) is 1.74. The van der Waals surface area contributed by atoms with E-state index < -0.39 is 18.3 Å². The average molecular weight is 626 g/mol. The number of amides is 2. The van der Waals surface area contributed by atoms with E-state index in [2.05, 4.69) is 10.6 Å². The van der Waals surface area contributed by atoms with Crippen LogP contribution in [0.3, 0.4) is 0 Å². The average Bonchev–Trinajstić information content (AvgIpc) is 3.54. The molecule has 0 radical (unpaired) electrons. The summed E-state index contributed by atoms with van der Waals surface area (Å²) in [7, 11) is 0. The van der Waals surface area contributed by atoms with E-state index in [-0.39, 0.29) is 25.9 Å². The molecule has 4 aromatic rings. The van der Waals surface area contributed by atoms with Gasteiger partial charge in [-0.15, -0.1) is 0 Å². The van der Waals surface area contributed by atoms with Gasteiger partial charge in [-0.1, -0.05) is 54.6 Å². The number of fused-ring (bicyclic) bond motifs is 1. The van der Waals surface area contributed by atoms with Gasteiger partial charge in [-0.2, -0.15) is 0 Å². The molecule has 5 N–H and O–H groups in total. The highest BCUT2D eigenvalue weighted by atomic mass is 16.7.